The summed E-state index contributed by atoms with van der Waals surface area (Å²) in [5.41, 5.74) is 9.18. The molecule has 0 saturated heterocycles. The first kappa shape index (κ1) is 12.8. The molecule has 0 aromatic carbocycles. The molecule has 2 N–H and O–H groups in total. The predicted molar refractivity (Wildman–Crippen MR) is 72.4 cm³/mol. The summed E-state index contributed by atoms with van der Waals surface area (Å²) >= 11 is 0. The molecule has 0 spiro atoms. The van der Waals surface area contributed by atoms with Crippen molar-refractivity contribution in [3.8, 4) is 0 Å². The van der Waals surface area contributed by atoms with Crippen LogP contribution in [0.5, 0.6) is 0 Å². The molecular formula is C13H20N4O. The molecule has 0 aromatic heterocycles. The maximum absolute atomic E-state index is 12.3. The van der Waals surface area contributed by atoms with Crippen LogP contribution in [0.2, 0.25) is 0 Å². The van der Waals surface area contributed by atoms with Gasteiger partial charge in [0.2, 0.25) is 0 Å². The molecule has 0 saturated carbocycles. The number of carbonyl (C=O) groups excluding carboxylic acids is 1. The molecule has 2 heterocycles. The second kappa shape index (κ2) is 4.94. The van der Waals surface area contributed by atoms with E-state index in [1.165, 1.54) is 0 Å². The third-order valence-corrected chi connectivity index (χ3v) is 3.34. The molecule has 0 aromatic rings. The molecule has 18 heavy (non-hydrogen) atoms. The van der Waals surface area contributed by atoms with Crippen LogP contribution in [0.15, 0.2) is 28.4 Å². The summed E-state index contributed by atoms with van der Waals surface area (Å²) in [6, 6.07) is 0. The number of likely N-dealkylation sites (N-methyl/N-ethyl adjacent to an activating group) is 2. The quantitative estimate of drug-likeness (QED) is 0.665. The Morgan fingerprint density at radius 2 is 2.06 bits per heavy atom. The Morgan fingerprint density at radius 3 is 2.78 bits per heavy atom. The lowest BCUT2D eigenvalue weighted by Gasteiger charge is -2.27. The topological polar surface area (TPSA) is 61.9 Å². The van der Waals surface area contributed by atoms with Gasteiger partial charge in [-0.25, -0.2) is 0 Å². The zero-order chi connectivity index (χ0) is 13.3. The minimum absolute atomic E-state index is 0.0538. The number of amides is 1. The average Bonchev–Trinajstić information content (AvgIpc) is 2.44. The SMILES string of the molecule is C=C1CN=C(C2=C(N)CCN(C)C2)C(=O)N(C)C1. The van der Waals surface area contributed by atoms with Crippen molar-refractivity contribution in [2.45, 2.75) is 6.42 Å². The fourth-order valence-corrected chi connectivity index (χ4v) is 2.26. The number of hydrogen-bond acceptors (Lipinski definition) is 4. The van der Waals surface area contributed by atoms with Crippen molar-refractivity contribution < 1.29 is 4.79 Å². The molecule has 5 nitrogen and oxygen atoms in total. The first-order chi connectivity index (χ1) is 8.49. The van der Waals surface area contributed by atoms with Gasteiger partial charge in [0.05, 0.1) is 6.54 Å². The maximum Gasteiger partial charge on any atom is 0.272 e. The molecular weight excluding hydrogens is 228 g/mol. The summed E-state index contributed by atoms with van der Waals surface area (Å²) in [6.45, 7) is 6.61. The van der Waals surface area contributed by atoms with Crippen LogP contribution in [-0.2, 0) is 4.79 Å². The zero-order valence-corrected chi connectivity index (χ0v) is 11.1. The minimum atomic E-state index is -0.0538. The van der Waals surface area contributed by atoms with Gasteiger partial charge in [0.15, 0.2) is 0 Å². The van der Waals surface area contributed by atoms with E-state index < -0.39 is 0 Å². The van der Waals surface area contributed by atoms with Gasteiger partial charge < -0.3 is 15.5 Å². The van der Waals surface area contributed by atoms with E-state index in [0.717, 1.165) is 29.8 Å². The molecule has 0 fully saturated rings. The van der Waals surface area contributed by atoms with E-state index >= 15 is 0 Å². The van der Waals surface area contributed by atoms with Crippen molar-refractivity contribution in [1.29, 1.82) is 0 Å². The first-order valence-electron chi connectivity index (χ1n) is 6.12. The number of aliphatic imine (C=N–C) groups is 1. The van der Waals surface area contributed by atoms with Crippen molar-refractivity contribution in [2.24, 2.45) is 10.7 Å². The van der Waals surface area contributed by atoms with Gasteiger partial charge >= 0.3 is 0 Å². The van der Waals surface area contributed by atoms with E-state index in [2.05, 4.69) is 16.5 Å². The highest BCUT2D eigenvalue weighted by molar-refractivity contribution is 6.45. The fraction of sp³-hybridized carbons (Fsp3) is 0.538. The monoisotopic (exact) mass is 248 g/mol. The standard InChI is InChI=1S/C13H20N4O/c1-9-6-15-12(13(18)17(3)7-9)10-8-16(2)5-4-11(10)14/h1,4-8,14H2,2-3H3. The lowest BCUT2D eigenvalue weighted by atomic mass is 10.0. The van der Waals surface area contributed by atoms with Gasteiger partial charge in [-0.15, -0.1) is 0 Å². The Bertz CT molecular complexity index is 450. The van der Waals surface area contributed by atoms with E-state index in [-0.39, 0.29) is 5.91 Å². The first-order valence-corrected chi connectivity index (χ1v) is 6.12. The van der Waals surface area contributed by atoms with Crippen molar-refractivity contribution in [3.63, 3.8) is 0 Å². The molecule has 1 amide bonds. The lowest BCUT2D eigenvalue weighted by molar-refractivity contribution is -0.122. The molecule has 0 unspecified atom stereocenters. The highest BCUT2D eigenvalue weighted by atomic mass is 16.2. The molecule has 98 valence electrons. The summed E-state index contributed by atoms with van der Waals surface area (Å²) in [5.74, 6) is -0.0538. The van der Waals surface area contributed by atoms with Gasteiger partial charge in [-0.1, -0.05) is 6.58 Å². The van der Waals surface area contributed by atoms with Crippen LogP contribution in [0.4, 0.5) is 0 Å². The molecule has 2 aliphatic heterocycles. The Kier molecular flexibility index (Phi) is 3.52. The Hall–Kier alpha value is -1.62. The number of hydrogen-bond donors (Lipinski definition) is 1. The van der Waals surface area contributed by atoms with Crippen molar-refractivity contribution in [3.05, 3.63) is 23.4 Å². The molecule has 2 aliphatic rings. The van der Waals surface area contributed by atoms with Crippen molar-refractivity contribution in [1.82, 2.24) is 9.80 Å². The minimum Gasteiger partial charge on any atom is -0.402 e. The highest BCUT2D eigenvalue weighted by Gasteiger charge is 2.27. The van der Waals surface area contributed by atoms with Gasteiger partial charge in [0.1, 0.15) is 5.71 Å². The summed E-state index contributed by atoms with van der Waals surface area (Å²) in [6.07, 6.45) is 0.794. The number of carbonyl (C=O) groups is 1. The Balaban J connectivity index is 2.35. The third kappa shape index (κ3) is 2.46. The zero-order valence-electron chi connectivity index (χ0n) is 11.1. The van der Waals surface area contributed by atoms with E-state index in [4.69, 9.17) is 5.73 Å². The van der Waals surface area contributed by atoms with Gasteiger partial charge in [0.25, 0.3) is 5.91 Å². The van der Waals surface area contributed by atoms with E-state index in [9.17, 15) is 4.79 Å². The van der Waals surface area contributed by atoms with Crippen LogP contribution in [0.1, 0.15) is 6.42 Å². The molecule has 2 rings (SSSR count). The Labute approximate surface area is 108 Å². The number of rotatable bonds is 1. The normalized spacial score (nSPS) is 23.2. The third-order valence-electron chi connectivity index (χ3n) is 3.34. The summed E-state index contributed by atoms with van der Waals surface area (Å²) < 4.78 is 0. The Morgan fingerprint density at radius 1 is 1.33 bits per heavy atom. The summed E-state index contributed by atoms with van der Waals surface area (Å²) in [5, 5.41) is 0. The fourth-order valence-electron chi connectivity index (χ4n) is 2.26. The molecule has 5 heteroatoms. The molecule has 0 atom stereocenters. The average molecular weight is 248 g/mol. The number of nitrogens with zero attached hydrogens (tertiary/aromatic N) is 3. The second-order valence-electron chi connectivity index (χ2n) is 5.07. The van der Waals surface area contributed by atoms with Crippen molar-refractivity contribution >= 4 is 11.6 Å². The lowest BCUT2D eigenvalue weighted by Crippen LogP contribution is -2.39. The van der Waals surface area contributed by atoms with Gasteiger partial charge in [-0.3, -0.25) is 9.79 Å². The highest BCUT2D eigenvalue weighted by Crippen LogP contribution is 2.17. The predicted octanol–water partition coefficient (Wildman–Crippen LogP) is 0.00390. The largest absolute Gasteiger partial charge is 0.402 e. The van der Waals surface area contributed by atoms with Gasteiger partial charge in [-0.05, 0) is 12.6 Å². The second-order valence-corrected chi connectivity index (χ2v) is 5.07. The van der Waals surface area contributed by atoms with Crippen LogP contribution >= 0.6 is 0 Å². The van der Waals surface area contributed by atoms with Crippen LogP contribution in [0.25, 0.3) is 0 Å². The van der Waals surface area contributed by atoms with Crippen LogP contribution in [0.3, 0.4) is 0 Å². The maximum atomic E-state index is 12.3. The van der Waals surface area contributed by atoms with E-state index in [1.807, 2.05) is 7.05 Å². The summed E-state index contributed by atoms with van der Waals surface area (Å²) in [7, 11) is 3.80. The smallest absolute Gasteiger partial charge is 0.272 e. The van der Waals surface area contributed by atoms with E-state index in [0.29, 0.717) is 25.3 Å². The van der Waals surface area contributed by atoms with Gasteiger partial charge in [0, 0.05) is 44.4 Å². The van der Waals surface area contributed by atoms with Crippen LogP contribution in [-0.4, -0.2) is 61.7 Å². The van der Waals surface area contributed by atoms with Crippen LogP contribution in [0, 0.1) is 0 Å². The van der Waals surface area contributed by atoms with Crippen molar-refractivity contribution in [2.75, 3.05) is 40.3 Å². The number of nitrogens with two attached hydrogens (primary N) is 1. The molecule has 0 aliphatic carbocycles. The molecule has 0 radical (unpaired) electrons. The van der Waals surface area contributed by atoms with Crippen LogP contribution < -0.4 is 5.73 Å². The molecule has 0 bridgehead atoms. The van der Waals surface area contributed by atoms with Gasteiger partial charge in [-0.2, -0.15) is 0 Å². The summed E-state index contributed by atoms with van der Waals surface area (Å²) in [4.78, 5) is 20.5. The van der Waals surface area contributed by atoms with E-state index in [1.54, 1.807) is 11.9 Å².